The first-order valence-electron chi connectivity index (χ1n) is 6.80. The molecule has 0 saturated heterocycles. The van der Waals surface area contributed by atoms with Crippen LogP contribution < -0.4 is 0 Å². The summed E-state index contributed by atoms with van der Waals surface area (Å²) in [4.78, 5) is 5.61. The Kier molecular flexibility index (Phi) is 3.63. The van der Waals surface area contributed by atoms with Gasteiger partial charge >= 0.3 is 0 Å². The number of nitrogens with zero attached hydrogens (tertiary/aromatic N) is 2. The second kappa shape index (κ2) is 5.58. The van der Waals surface area contributed by atoms with E-state index in [0.717, 1.165) is 31.2 Å². The first-order valence-corrected chi connectivity index (χ1v) is 7.62. The number of para-hydroxylation sites is 1. The second-order valence-corrected chi connectivity index (χ2v) is 6.06. The van der Waals surface area contributed by atoms with Crippen molar-refractivity contribution in [3.05, 3.63) is 39.8 Å². The lowest BCUT2D eigenvalue weighted by Crippen LogP contribution is -1.99. The van der Waals surface area contributed by atoms with Crippen LogP contribution >= 0.6 is 11.3 Å². The molecule has 1 heterocycles. The second-order valence-electron chi connectivity index (χ2n) is 4.98. The molecule has 1 aromatic heterocycles. The van der Waals surface area contributed by atoms with E-state index in [1.807, 2.05) is 0 Å². The van der Waals surface area contributed by atoms with Gasteiger partial charge in [-0.2, -0.15) is 5.26 Å². The Morgan fingerprint density at radius 2 is 2.05 bits per heavy atom. The van der Waals surface area contributed by atoms with Gasteiger partial charge in [-0.1, -0.05) is 6.07 Å². The number of hydrogen-bond donors (Lipinski definition) is 2. The predicted molar refractivity (Wildman–Crippen MR) is 82.7 cm³/mol. The minimum Gasteiger partial charge on any atom is -0.504 e. The zero-order chi connectivity index (χ0) is 14.8. The number of phenols is 2. The molecule has 0 atom stereocenters. The lowest BCUT2D eigenvalue weighted by molar-refractivity contribution is 0.403. The molecule has 0 radical (unpaired) electrons. The van der Waals surface area contributed by atoms with Crippen LogP contribution in [0, 0.1) is 11.3 Å². The van der Waals surface area contributed by atoms with Crippen LogP contribution in [0.1, 0.15) is 34.4 Å². The highest BCUT2D eigenvalue weighted by molar-refractivity contribution is 7.16. The van der Waals surface area contributed by atoms with Crippen molar-refractivity contribution in [1.29, 1.82) is 5.26 Å². The van der Waals surface area contributed by atoms with Gasteiger partial charge in [-0.25, -0.2) is 4.99 Å². The molecular weight excluding hydrogens is 284 g/mol. The van der Waals surface area contributed by atoms with Crippen molar-refractivity contribution in [2.45, 2.75) is 25.7 Å². The van der Waals surface area contributed by atoms with Gasteiger partial charge in [0, 0.05) is 16.7 Å². The van der Waals surface area contributed by atoms with E-state index < -0.39 is 0 Å². The van der Waals surface area contributed by atoms with Crippen LogP contribution in [0.15, 0.2) is 23.2 Å². The summed E-state index contributed by atoms with van der Waals surface area (Å²) in [7, 11) is 0. The van der Waals surface area contributed by atoms with Gasteiger partial charge in [0.2, 0.25) is 0 Å². The van der Waals surface area contributed by atoms with Crippen molar-refractivity contribution in [3.8, 4) is 17.6 Å². The number of aromatic hydroxyl groups is 2. The molecule has 3 rings (SSSR count). The summed E-state index contributed by atoms with van der Waals surface area (Å²) in [5.41, 5.74) is 2.23. The maximum Gasteiger partial charge on any atom is 0.166 e. The smallest absolute Gasteiger partial charge is 0.166 e. The molecule has 5 heteroatoms. The van der Waals surface area contributed by atoms with Crippen LogP contribution in [0.3, 0.4) is 0 Å². The van der Waals surface area contributed by atoms with Crippen LogP contribution in [0.2, 0.25) is 0 Å². The van der Waals surface area contributed by atoms with Crippen LogP contribution in [-0.2, 0) is 12.8 Å². The van der Waals surface area contributed by atoms with E-state index in [0.29, 0.717) is 16.1 Å². The zero-order valence-corrected chi connectivity index (χ0v) is 12.2. The van der Waals surface area contributed by atoms with Crippen LogP contribution in [-0.4, -0.2) is 16.4 Å². The summed E-state index contributed by atoms with van der Waals surface area (Å²) >= 11 is 1.55. The number of nitriles is 1. The van der Waals surface area contributed by atoms with Crippen LogP contribution in [0.5, 0.6) is 11.5 Å². The summed E-state index contributed by atoms with van der Waals surface area (Å²) in [6, 6.07) is 6.97. The Morgan fingerprint density at radius 1 is 1.24 bits per heavy atom. The molecule has 106 valence electrons. The molecule has 1 aromatic carbocycles. The fraction of sp³-hybridized carbons (Fsp3) is 0.250. The molecule has 1 aliphatic carbocycles. The van der Waals surface area contributed by atoms with Crippen molar-refractivity contribution in [1.82, 2.24) is 0 Å². The Morgan fingerprint density at radius 3 is 2.86 bits per heavy atom. The number of fused-ring (bicyclic) bond motifs is 1. The number of hydrogen-bond acceptors (Lipinski definition) is 5. The van der Waals surface area contributed by atoms with Crippen molar-refractivity contribution < 1.29 is 10.2 Å². The average molecular weight is 298 g/mol. The SMILES string of the molecule is N#Cc1c(N=Cc2cccc(O)c2O)sc2c1CCCC2. The highest BCUT2D eigenvalue weighted by atomic mass is 32.1. The number of aliphatic imine (C=N–C) groups is 1. The van der Waals surface area contributed by atoms with E-state index in [2.05, 4.69) is 11.1 Å². The highest BCUT2D eigenvalue weighted by Crippen LogP contribution is 2.39. The predicted octanol–water partition coefficient (Wildman–Crippen LogP) is 3.66. The Bertz CT molecular complexity index is 756. The number of benzene rings is 1. The van der Waals surface area contributed by atoms with Crippen molar-refractivity contribution >= 4 is 22.6 Å². The van der Waals surface area contributed by atoms with Gasteiger partial charge in [0.15, 0.2) is 11.5 Å². The summed E-state index contributed by atoms with van der Waals surface area (Å²) in [6.45, 7) is 0. The Labute approximate surface area is 126 Å². The molecule has 0 amide bonds. The van der Waals surface area contributed by atoms with Gasteiger partial charge < -0.3 is 10.2 Å². The Hall–Kier alpha value is -2.32. The van der Waals surface area contributed by atoms with E-state index in [1.54, 1.807) is 23.5 Å². The van der Waals surface area contributed by atoms with Crippen molar-refractivity contribution in [2.75, 3.05) is 0 Å². The first-order chi connectivity index (χ1) is 10.2. The molecule has 0 fully saturated rings. The topological polar surface area (TPSA) is 76.6 Å². The molecule has 1 aliphatic rings. The van der Waals surface area contributed by atoms with Crippen LogP contribution in [0.4, 0.5) is 5.00 Å². The third kappa shape index (κ3) is 2.50. The molecule has 0 bridgehead atoms. The lowest BCUT2D eigenvalue weighted by Gasteiger charge is -2.09. The number of rotatable bonds is 2. The fourth-order valence-corrected chi connectivity index (χ4v) is 3.72. The van der Waals surface area contributed by atoms with E-state index >= 15 is 0 Å². The van der Waals surface area contributed by atoms with E-state index in [9.17, 15) is 15.5 Å². The summed E-state index contributed by atoms with van der Waals surface area (Å²) in [5, 5.41) is 29.3. The average Bonchev–Trinajstić information content (AvgIpc) is 2.86. The lowest BCUT2D eigenvalue weighted by atomic mass is 9.96. The standard InChI is InChI=1S/C16H14N2O2S/c17-8-12-11-5-1-2-7-14(11)21-16(12)18-9-10-4-3-6-13(19)15(10)20/h3-4,6,9,19-20H,1-2,5,7H2. The maximum absolute atomic E-state index is 9.76. The normalized spacial score (nSPS) is 14.0. The fourth-order valence-electron chi connectivity index (χ4n) is 2.54. The molecule has 0 aliphatic heterocycles. The first kappa shape index (κ1) is 13.7. The van der Waals surface area contributed by atoms with Gasteiger partial charge in [0.25, 0.3) is 0 Å². The number of phenolic OH excluding ortho intramolecular Hbond substituents is 2. The third-order valence-corrected chi connectivity index (χ3v) is 4.83. The molecule has 2 aromatic rings. The molecule has 21 heavy (non-hydrogen) atoms. The minimum atomic E-state index is -0.193. The maximum atomic E-state index is 9.76. The van der Waals surface area contributed by atoms with Crippen molar-refractivity contribution in [3.63, 3.8) is 0 Å². The molecule has 0 spiro atoms. The van der Waals surface area contributed by atoms with E-state index in [1.165, 1.54) is 17.2 Å². The molecular formula is C16H14N2O2S. The molecule has 4 nitrogen and oxygen atoms in total. The highest BCUT2D eigenvalue weighted by Gasteiger charge is 2.20. The quantitative estimate of drug-likeness (QED) is 0.656. The van der Waals surface area contributed by atoms with Gasteiger partial charge in [0.05, 0.1) is 5.56 Å². The summed E-state index contributed by atoms with van der Waals surface area (Å²) < 4.78 is 0. The number of aryl methyl sites for hydroxylation is 1. The minimum absolute atomic E-state index is 0.176. The molecule has 0 unspecified atom stereocenters. The van der Waals surface area contributed by atoms with E-state index in [4.69, 9.17) is 0 Å². The van der Waals surface area contributed by atoms with Gasteiger partial charge in [-0.15, -0.1) is 11.3 Å². The molecule has 2 N–H and O–H groups in total. The zero-order valence-electron chi connectivity index (χ0n) is 11.3. The van der Waals surface area contributed by atoms with Gasteiger partial charge in [-0.3, -0.25) is 0 Å². The third-order valence-electron chi connectivity index (χ3n) is 3.63. The van der Waals surface area contributed by atoms with Gasteiger partial charge in [0.1, 0.15) is 11.1 Å². The largest absolute Gasteiger partial charge is 0.504 e. The Balaban J connectivity index is 1.98. The molecule has 0 saturated carbocycles. The number of thiophene rings is 1. The van der Waals surface area contributed by atoms with Gasteiger partial charge in [-0.05, 0) is 43.4 Å². The summed E-state index contributed by atoms with van der Waals surface area (Å²) in [6.07, 6.45) is 5.74. The van der Waals surface area contributed by atoms with Crippen molar-refractivity contribution in [2.24, 2.45) is 4.99 Å². The van der Waals surface area contributed by atoms with E-state index in [-0.39, 0.29) is 11.5 Å². The monoisotopic (exact) mass is 298 g/mol. The summed E-state index contributed by atoms with van der Waals surface area (Å²) in [5.74, 6) is -0.369. The van der Waals surface area contributed by atoms with Crippen LogP contribution in [0.25, 0.3) is 0 Å².